The van der Waals surface area contributed by atoms with E-state index in [4.69, 9.17) is 0 Å². The number of aliphatic hydroxyl groups excluding tert-OH is 2. The van der Waals surface area contributed by atoms with Gasteiger partial charge in [0, 0.05) is 35.7 Å². The summed E-state index contributed by atoms with van der Waals surface area (Å²) in [6.07, 6.45) is 0.231. The first kappa shape index (κ1) is 21.3. The Morgan fingerprint density at radius 3 is 2.58 bits per heavy atom. The predicted molar refractivity (Wildman–Crippen MR) is 120 cm³/mol. The highest BCUT2D eigenvalue weighted by Crippen LogP contribution is 2.34. The fourth-order valence-corrected chi connectivity index (χ4v) is 4.65. The van der Waals surface area contributed by atoms with Crippen LogP contribution >= 0.6 is 0 Å². The largest absolute Gasteiger partial charge is 0.396 e. The lowest BCUT2D eigenvalue weighted by Crippen LogP contribution is -2.56. The van der Waals surface area contributed by atoms with Crippen LogP contribution in [0.5, 0.6) is 0 Å². The van der Waals surface area contributed by atoms with Gasteiger partial charge in [-0.3, -0.25) is 9.59 Å². The Balaban J connectivity index is 1.60. The topological polar surface area (TPSA) is 82.8 Å². The third kappa shape index (κ3) is 4.13. The quantitative estimate of drug-likeness (QED) is 0.663. The second-order valence-corrected chi connectivity index (χ2v) is 8.56. The molecule has 3 aromatic rings. The number of carbonyl (C=O) groups is 1. The van der Waals surface area contributed by atoms with Crippen LogP contribution in [0.4, 0.5) is 0 Å². The lowest BCUT2D eigenvalue weighted by molar-refractivity contribution is -0.142. The van der Waals surface area contributed by atoms with Crippen molar-refractivity contribution in [2.24, 2.45) is 5.41 Å². The van der Waals surface area contributed by atoms with E-state index in [0.29, 0.717) is 24.8 Å². The first-order chi connectivity index (χ1) is 14.9. The summed E-state index contributed by atoms with van der Waals surface area (Å²) < 4.78 is 1.86. The molecule has 1 amide bonds. The molecule has 0 unspecified atom stereocenters. The van der Waals surface area contributed by atoms with Gasteiger partial charge in [0.15, 0.2) is 5.43 Å². The van der Waals surface area contributed by atoms with Gasteiger partial charge in [0.2, 0.25) is 5.91 Å². The van der Waals surface area contributed by atoms with Crippen LogP contribution in [-0.4, -0.2) is 51.4 Å². The summed E-state index contributed by atoms with van der Waals surface area (Å²) in [6.45, 7) is 2.46. The molecule has 2 aromatic carbocycles. The molecule has 1 fully saturated rings. The zero-order valence-electron chi connectivity index (χ0n) is 17.7. The zero-order chi connectivity index (χ0) is 22.0. The Bertz CT molecular complexity index is 1140. The van der Waals surface area contributed by atoms with Gasteiger partial charge in [-0.25, -0.2) is 0 Å². The lowest BCUT2D eigenvalue weighted by atomic mass is 9.73. The van der Waals surface area contributed by atoms with Crippen molar-refractivity contribution < 1.29 is 15.0 Å². The third-order valence-electron chi connectivity index (χ3n) is 6.47. The zero-order valence-corrected chi connectivity index (χ0v) is 17.7. The molecule has 6 nitrogen and oxygen atoms in total. The summed E-state index contributed by atoms with van der Waals surface area (Å²) >= 11 is 0. The van der Waals surface area contributed by atoms with Crippen molar-refractivity contribution in [3.05, 3.63) is 82.1 Å². The Labute approximate surface area is 181 Å². The highest BCUT2D eigenvalue weighted by molar-refractivity contribution is 5.82. The van der Waals surface area contributed by atoms with Crippen molar-refractivity contribution >= 4 is 16.8 Å². The summed E-state index contributed by atoms with van der Waals surface area (Å²) in [5.41, 5.74) is 1.63. The number of hydrogen-bond acceptors (Lipinski definition) is 4. The number of likely N-dealkylation sites (tertiary alicyclic amines) is 1. The van der Waals surface area contributed by atoms with Gasteiger partial charge in [-0.2, -0.15) is 0 Å². The second kappa shape index (κ2) is 8.65. The van der Waals surface area contributed by atoms with Crippen LogP contribution in [0.15, 0.2) is 65.5 Å². The number of carbonyl (C=O) groups excluding carboxylic acids is 1. The third-order valence-corrected chi connectivity index (χ3v) is 6.47. The van der Waals surface area contributed by atoms with Crippen LogP contribution in [0.3, 0.4) is 0 Å². The van der Waals surface area contributed by atoms with E-state index < -0.39 is 11.5 Å². The van der Waals surface area contributed by atoms with Crippen LogP contribution in [0.1, 0.15) is 17.7 Å². The van der Waals surface area contributed by atoms with Gasteiger partial charge in [-0.1, -0.05) is 42.5 Å². The van der Waals surface area contributed by atoms with Gasteiger partial charge in [0.05, 0.1) is 18.2 Å². The molecule has 0 spiro atoms. The Morgan fingerprint density at radius 2 is 1.84 bits per heavy atom. The molecule has 1 aliphatic rings. The maximum absolute atomic E-state index is 13.3. The van der Waals surface area contributed by atoms with E-state index in [-0.39, 0.29) is 31.0 Å². The molecule has 0 radical (unpaired) electrons. The lowest BCUT2D eigenvalue weighted by Gasteiger charge is -2.45. The van der Waals surface area contributed by atoms with Crippen LogP contribution < -0.4 is 5.43 Å². The van der Waals surface area contributed by atoms with Crippen molar-refractivity contribution in [3.63, 3.8) is 0 Å². The van der Waals surface area contributed by atoms with Crippen molar-refractivity contribution in [1.82, 2.24) is 9.47 Å². The van der Waals surface area contributed by atoms with E-state index in [1.807, 2.05) is 60.0 Å². The fourth-order valence-electron chi connectivity index (χ4n) is 4.65. The van der Waals surface area contributed by atoms with E-state index in [1.54, 1.807) is 17.0 Å². The average molecular weight is 421 g/mol. The molecule has 6 heteroatoms. The fraction of sp³-hybridized carbons (Fsp3) is 0.360. The van der Waals surface area contributed by atoms with Crippen molar-refractivity contribution in [1.29, 1.82) is 0 Å². The summed E-state index contributed by atoms with van der Waals surface area (Å²) in [6, 6.07) is 18.6. The number of aryl methyl sites for hydroxylation is 1. The highest BCUT2D eigenvalue weighted by atomic mass is 16.3. The van der Waals surface area contributed by atoms with Crippen LogP contribution in [0.25, 0.3) is 10.9 Å². The first-order valence-corrected chi connectivity index (χ1v) is 10.6. The summed E-state index contributed by atoms with van der Waals surface area (Å²) in [5.74, 6) is -0.0883. The maximum atomic E-state index is 13.3. The van der Waals surface area contributed by atoms with Gasteiger partial charge in [0.25, 0.3) is 0 Å². The molecular weight excluding hydrogens is 392 g/mol. The van der Waals surface area contributed by atoms with Crippen molar-refractivity contribution in [2.45, 2.75) is 32.4 Å². The molecule has 0 aliphatic carbocycles. The standard InChI is InChI=1S/C25H28N2O4/c1-18-13-22(29)20-9-5-6-10-21(20)27(18)15-24(31)26-12-11-23(30)25(16-26,17-28)14-19-7-3-2-4-8-19/h2-10,13,23,28,30H,11-12,14-17H2,1H3/t23-,25+/m0/s1. The van der Waals surface area contributed by atoms with Crippen LogP contribution in [-0.2, 0) is 17.8 Å². The monoisotopic (exact) mass is 420 g/mol. The molecule has 162 valence electrons. The molecule has 4 rings (SSSR count). The van der Waals surface area contributed by atoms with E-state index >= 15 is 0 Å². The number of fused-ring (bicyclic) bond motifs is 1. The van der Waals surface area contributed by atoms with Crippen molar-refractivity contribution in [3.8, 4) is 0 Å². The number of piperidine rings is 1. The van der Waals surface area contributed by atoms with E-state index in [2.05, 4.69) is 0 Å². The smallest absolute Gasteiger partial charge is 0.242 e. The van der Waals surface area contributed by atoms with Gasteiger partial charge in [-0.05, 0) is 37.5 Å². The molecule has 31 heavy (non-hydrogen) atoms. The molecule has 2 N–H and O–H groups in total. The second-order valence-electron chi connectivity index (χ2n) is 8.56. The Kier molecular flexibility index (Phi) is 5.94. The molecular formula is C25H28N2O4. The Morgan fingerprint density at radius 1 is 1.13 bits per heavy atom. The van der Waals surface area contributed by atoms with E-state index in [9.17, 15) is 19.8 Å². The van der Waals surface area contributed by atoms with Crippen LogP contribution in [0, 0.1) is 12.3 Å². The molecule has 2 heterocycles. The molecule has 1 saturated heterocycles. The van der Waals surface area contributed by atoms with E-state index in [1.165, 1.54) is 0 Å². The number of amides is 1. The Hall–Kier alpha value is -2.96. The molecule has 0 bridgehead atoms. The summed E-state index contributed by atoms with van der Waals surface area (Å²) in [5, 5.41) is 21.6. The number of benzene rings is 2. The van der Waals surface area contributed by atoms with Gasteiger partial charge in [0.1, 0.15) is 6.54 Å². The number of aromatic nitrogens is 1. The number of nitrogens with zero attached hydrogens (tertiary/aromatic N) is 2. The van der Waals surface area contributed by atoms with Crippen LogP contribution in [0.2, 0.25) is 0 Å². The van der Waals surface area contributed by atoms with E-state index in [0.717, 1.165) is 16.8 Å². The minimum atomic E-state index is -0.796. The summed E-state index contributed by atoms with van der Waals surface area (Å²) in [4.78, 5) is 27.3. The number of hydrogen-bond donors (Lipinski definition) is 2. The maximum Gasteiger partial charge on any atom is 0.242 e. The molecule has 1 aromatic heterocycles. The number of rotatable bonds is 5. The molecule has 0 saturated carbocycles. The first-order valence-electron chi connectivity index (χ1n) is 10.6. The predicted octanol–water partition coefficient (Wildman–Crippen LogP) is 2.12. The van der Waals surface area contributed by atoms with Gasteiger partial charge >= 0.3 is 0 Å². The van der Waals surface area contributed by atoms with Crippen molar-refractivity contribution in [2.75, 3.05) is 19.7 Å². The number of para-hydroxylation sites is 1. The SMILES string of the molecule is Cc1cc(=O)c2ccccc2n1CC(=O)N1CC[C@H](O)[C@](CO)(Cc2ccccc2)C1. The normalized spacial score (nSPS) is 21.4. The molecule has 2 atom stereocenters. The minimum Gasteiger partial charge on any atom is -0.396 e. The minimum absolute atomic E-state index is 0.0555. The summed E-state index contributed by atoms with van der Waals surface area (Å²) in [7, 11) is 0. The number of pyridine rings is 1. The average Bonchev–Trinajstić information content (AvgIpc) is 2.78. The van der Waals surface area contributed by atoms with Gasteiger partial charge < -0.3 is 19.7 Å². The number of aliphatic hydroxyl groups is 2. The highest BCUT2D eigenvalue weighted by Gasteiger charge is 2.43. The van der Waals surface area contributed by atoms with Gasteiger partial charge in [-0.15, -0.1) is 0 Å². The molecule has 1 aliphatic heterocycles.